The van der Waals surface area contributed by atoms with Crippen LogP contribution in [0, 0.1) is 11.3 Å². The molecule has 36 heavy (non-hydrogen) atoms. The number of ether oxygens (including phenoxy) is 1. The highest BCUT2D eigenvalue weighted by molar-refractivity contribution is 5.85. The van der Waals surface area contributed by atoms with Gasteiger partial charge in [-0.2, -0.15) is 5.26 Å². The molecular weight excluding hydrogens is 450 g/mol. The number of nitrogens with zero attached hydrogens (tertiary/aromatic N) is 5. The maximum atomic E-state index is 12.4. The van der Waals surface area contributed by atoms with E-state index in [0.717, 1.165) is 18.6 Å². The number of carbonyl (C=O) groups excluding carboxylic acids is 1. The van der Waals surface area contributed by atoms with Crippen LogP contribution in [-0.2, 0) is 9.53 Å². The van der Waals surface area contributed by atoms with Crippen molar-refractivity contribution in [1.29, 1.82) is 5.26 Å². The van der Waals surface area contributed by atoms with Crippen molar-refractivity contribution < 1.29 is 9.53 Å². The van der Waals surface area contributed by atoms with Crippen LogP contribution >= 0.6 is 0 Å². The minimum Gasteiger partial charge on any atom is -0.468 e. The van der Waals surface area contributed by atoms with Gasteiger partial charge in [0.15, 0.2) is 11.7 Å². The Hall–Kier alpha value is -4.28. The molecule has 7 nitrogen and oxygen atoms in total. The maximum absolute atomic E-state index is 12.4. The first-order valence-electron chi connectivity index (χ1n) is 12.0. The molecule has 0 saturated carbocycles. The number of nitriles is 1. The maximum Gasteiger partial charge on any atom is 0.329 e. The molecule has 7 heteroatoms. The standard InChI is InChI=1S/C29H27N5O2/c1-36-29(35)23(20-30)26-28(32-25-15-9-8-14-24(25)31-26)34-18-16-33(17-19-34)27(21-10-4-2-5-11-21)22-12-6-3-7-13-22/h2-15,23,27H,16-19H2,1H3. The van der Waals surface area contributed by atoms with Crippen LogP contribution in [0.15, 0.2) is 84.9 Å². The summed E-state index contributed by atoms with van der Waals surface area (Å²) in [6.45, 7) is 2.96. The van der Waals surface area contributed by atoms with Crippen molar-refractivity contribution in [3.63, 3.8) is 0 Å². The zero-order chi connectivity index (χ0) is 24.9. The molecule has 5 rings (SSSR count). The van der Waals surface area contributed by atoms with Crippen LogP contribution in [0.5, 0.6) is 0 Å². The smallest absolute Gasteiger partial charge is 0.329 e. The van der Waals surface area contributed by atoms with E-state index in [1.54, 1.807) is 0 Å². The van der Waals surface area contributed by atoms with Crippen molar-refractivity contribution >= 4 is 22.8 Å². The first-order valence-corrected chi connectivity index (χ1v) is 12.0. The van der Waals surface area contributed by atoms with Crippen LogP contribution in [0.1, 0.15) is 28.8 Å². The predicted octanol–water partition coefficient (Wildman–Crippen LogP) is 4.32. The number of anilines is 1. The topological polar surface area (TPSA) is 82.3 Å². The number of hydrogen-bond donors (Lipinski definition) is 0. The molecule has 3 aromatic carbocycles. The number of benzene rings is 3. The lowest BCUT2D eigenvalue weighted by Gasteiger charge is -2.40. The summed E-state index contributed by atoms with van der Waals surface area (Å²) in [7, 11) is 1.28. The average molecular weight is 478 g/mol. The van der Waals surface area contributed by atoms with Gasteiger partial charge in [-0.05, 0) is 23.3 Å². The van der Waals surface area contributed by atoms with Crippen molar-refractivity contribution in [2.45, 2.75) is 12.0 Å². The van der Waals surface area contributed by atoms with E-state index in [1.807, 2.05) is 36.4 Å². The molecule has 1 fully saturated rings. The Morgan fingerprint density at radius 2 is 1.36 bits per heavy atom. The highest BCUT2D eigenvalue weighted by Gasteiger charge is 2.32. The lowest BCUT2D eigenvalue weighted by molar-refractivity contribution is -0.141. The van der Waals surface area contributed by atoms with Gasteiger partial charge >= 0.3 is 5.97 Å². The molecule has 0 amide bonds. The minimum absolute atomic E-state index is 0.138. The van der Waals surface area contributed by atoms with Crippen LogP contribution in [0.4, 0.5) is 5.82 Å². The Balaban J connectivity index is 1.47. The Morgan fingerprint density at radius 3 is 1.89 bits per heavy atom. The molecule has 1 aliphatic rings. The summed E-state index contributed by atoms with van der Waals surface area (Å²) in [6, 6.07) is 30.8. The number of hydrogen-bond acceptors (Lipinski definition) is 7. The van der Waals surface area contributed by atoms with E-state index in [-0.39, 0.29) is 6.04 Å². The number of para-hydroxylation sites is 2. The summed E-state index contributed by atoms with van der Waals surface area (Å²) < 4.78 is 4.90. The van der Waals surface area contributed by atoms with Gasteiger partial charge in [0.2, 0.25) is 0 Å². The Kier molecular flexibility index (Phi) is 6.87. The van der Waals surface area contributed by atoms with E-state index in [2.05, 4.69) is 64.4 Å². The van der Waals surface area contributed by atoms with Gasteiger partial charge in [0.1, 0.15) is 5.69 Å². The molecule has 1 atom stereocenters. The predicted molar refractivity (Wildman–Crippen MR) is 138 cm³/mol. The number of piperazine rings is 1. The number of carbonyl (C=O) groups is 1. The highest BCUT2D eigenvalue weighted by Crippen LogP contribution is 2.32. The minimum atomic E-state index is -1.14. The first kappa shape index (κ1) is 23.5. The molecule has 0 N–H and O–H groups in total. The third-order valence-electron chi connectivity index (χ3n) is 6.63. The van der Waals surface area contributed by atoms with Crippen molar-refractivity contribution in [2.75, 3.05) is 38.2 Å². The quantitative estimate of drug-likeness (QED) is 0.383. The largest absolute Gasteiger partial charge is 0.468 e. The van der Waals surface area contributed by atoms with Gasteiger partial charge in [-0.25, -0.2) is 9.97 Å². The lowest BCUT2D eigenvalue weighted by atomic mass is 9.96. The second kappa shape index (κ2) is 10.5. The summed E-state index contributed by atoms with van der Waals surface area (Å²) >= 11 is 0. The molecule has 1 unspecified atom stereocenters. The molecule has 4 aromatic rings. The van der Waals surface area contributed by atoms with Gasteiger partial charge in [0, 0.05) is 26.2 Å². The third-order valence-corrected chi connectivity index (χ3v) is 6.63. The normalized spacial score (nSPS) is 15.0. The number of esters is 1. The highest BCUT2D eigenvalue weighted by atomic mass is 16.5. The Morgan fingerprint density at radius 1 is 0.833 bits per heavy atom. The number of methoxy groups -OCH3 is 1. The molecule has 1 aliphatic heterocycles. The van der Waals surface area contributed by atoms with Gasteiger partial charge in [-0.1, -0.05) is 72.8 Å². The Labute approximate surface area is 210 Å². The fourth-order valence-corrected chi connectivity index (χ4v) is 4.85. The third kappa shape index (κ3) is 4.64. The molecular formula is C29H27N5O2. The molecule has 0 bridgehead atoms. The summed E-state index contributed by atoms with van der Waals surface area (Å²) in [6.07, 6.45) is 0. The van der Waals surface area contributed by atoms with Crippen LogP contribution in [0.25, 0.3) is 11.0 Å². The van der Waals surface area contributed by atoms with Gasteiger partial charge in [0.05, 0.1) is 30.3 Å². The van der Waals surface area contributed by atoms with Crippen molar-refractivity contribution in [3.8, 4) is 6.07 Å². The molecule has 0 aliphatic carbocycles. The summed E-state index contributed by atoms with van der Waals surface area (Å²) in [5.74, 6) is -1.20. The van der Waals surface area contributed by atoms with E-state index in [0.29, 0.717) is 30.1 Å². The second-order valence-corrected chi connectivity index (χ2v) is 8.75. The second-order valence-electron chi connectivity index (χ2n) is 8.75. The molecule has 1 saturated heterocycles. The SMILES string of the molecule is COC(=O)C(C#N)c1nc2ccccc2nc1N1CCN(C(c2ccccc2)c2ccccc2)CC1. The van der Waals surface area contributed by atoms with Crippen LogP contribution in [-0.4, -0.2) is 54.1 Å². The van der Waals surface area contributed by atoms with Crippen LogP contribution < -0.4 is 4.90 Å². The van der Waals surface area contributed by atoms with E-state index in [9.17, 15) is 10.1 Å². The molecule has 0 radical (unpaired) electrons. The van der Waals surface area contributed by atoms with Crippen LogP contribution in [0.2, 0.25) is 0 Å². The van der Waals surface area contributed by atoms with Gasteiger partial charge in [-0.3, -0.25) is 9.69 Å². The first-order chi connectivity index (χ1) is 17.7. The van der Waals surface area contributed by atoms with Crippen LogP contribution in [0.3, 0.4) is 0 Å². The monoisotopic (exact) mass is 477 g/mol. The summed E-state index contributed by atoms with van der Waals surface area (Å²) in [5, 5.41) is 9.80. The van der Waals surface area contributed by atoms with Crippen molar-refractivity contribution in [1.82, 2.24) is 14.9 Å². The fraction of sp³-hybridized carbons (Fsp3) is 0.241. The number of rotatable bonds is 6. The van der Waals surface area contributed by atoms with Crippen molar-refractivity contribution in [3.05, 3.63) is 102 Å². The molecule has 2 heterocycles. The molecule has 0 spiro atoms. The van der Waals surface area contributed by atoms with E-state index >= 15 is 0 Å². The Bertz CT molecular complexity index is 1340. The average Bonchev–Trinajstić information content (AvgIpc) is 2.94. The summed E-state index contributed by atoms with van der Waals surface area (Å²) in [5.41, 5.74) is 4.22. The number of fused-ring (bicyclic) bond motifs is 1. The molecule has 1 aromatic heterocycles. The van der Waals surface area contributed by atoms with Gasteiger partial charge < -0.3 is 9.64 Å². The van der Waals surface area contributed by atoms with Gasteiger partial charge in [0.25, 0.3) is 0 Å². The van der Waals surface area contributed by atoms with E-state index in [4.69, 9.17) is 14.7 Å². The van der Waals surface area contributed by atoms with Gasteiger partial charge in [-0.15, -0.1) is 0 Å². The number of aromatic nitrogens is 2. The van der Waals surface area contributed by atoms with E-state index < -0.39 is 11.9 Å². The lowest BCUT2D eigenvalue weighted by Crippen LogP contribution is -2.48. The molecule has 180 valence electrons. The zero-order valence-electron chi connectivity index (χ0n) is 20.1. The fourth-order valence-electron chi connectivity index (χ4n) is 4.85. The summed E-state index contributed by atoms with van der Waals surface area (Å²) in [4.78, 5) is 26.6. The van der Waals surface area contributed by atoms with E-state index in [1.165, 1.54) is 18.2 Å². The zero-order valence-corrected chi connectivity index (χ0v) is 20.1. The van der Waals surface area contributed by atoms with Crippen molar-refractivity contribution in [2.24, 2.45) is 0 Å².